The second-order valence-electron chi connectivity index (χ2n) is 6.57. The number of carbonyl (C=O) groups excluding carboxylic acids is 2. The molecule has 0 heterocycles. The molecule has 25 heavy (non-hydrogen) atoms. The number of carbonyl (C=O) groups is 2. The molecule has 0 amide bonds. The van der Waals surface area contributed by atoms with Crippen molar-refractivity contribution in [1.29, 1.82) is 0 Å². The van der Waals surface area contributed by atoms with Crippen LogP contribution >= 0.6 is 0 Å². The predicted molar refractivity (Wildman–Crippen MR) is 94.3 cm³/mol. The van der Waals surface area contributed by atoms with E-state index in [0.717, 1.165) is 12.8 Å². The summed E-state index contributed by atoms with van der Waals surface area (Å²) >= 11 is 0. The van der Waals surface area contributed by atoms with Gasteiger partial charge in [-0.1, -0.05) is 77.6 Å². The zero-order chi connectivity index (χ0) is 18.0. The van der Waals surface area contributed by atoms with Gasteiger partial charge >= 0.3 is 35.5 Å². The Labute approximate surface area is 175 Å². The Morgan fingerprint density at radius 1 is 0.880 bits per heavy atom. The van der Waals surface area contributed by atoms with Gasteiger partial charge in [-0.3, -0.25) is 4.79 Å². The van der Waals surface area contributed by atoms with Crippen molar-refractivity contribution in [2.45, 2.75) is 103 Å². The molecule has 0 unspecified atom stereocenters. The summed E-state index contributed by atoms with van der Waals surface area (Å²) < 4.78 is 5.05. The third-order valence-corrected chi connectivity index (χ3v) is 4.20. The van der Waals surface area contributed by atoms with Crippen molar-refractivity contribution in [2.24, 2.45) is 5.73 Å². The number of unbranched alkanes of at least 4 members (excludes halogenated alkanes) is 11. The minimum absolute atomic E-state index is 0. The smallest absolute Gasteiger partial charge is 0.550 e. The Bertz CT molecular complexity index is 327. The van der Waals surface area contributed by atoms with Crippen molar-refractivity contribution < 1.29 is 49.0 Å². The zero-order valence-corrected chi connectivity index (χ0v) is 18.4. The van der Waals surface area contributed by atoms with Crippen molar-refractivity contribution in [3.05, 3.63) is 0 Å². The SMILES string of the molecule is CCCCCCCCCCCCCCOC(=O)[C@@H](N)CCC(=O)[O-].[Na+]. The average molecular weight is 365 g/mol. The second kappa shape index (κ2) is 20.2. The van der Waals surface area contributed by atoms with E-state index >= 15 is 0 Å². The summed E-state index contributed by atoms with van der Waals surface area (Å²) in [7, 11) is 0. The molecule has 0 fully saturated rings. The van der Waals surface area contributed by atoms with E-state index in [1.807, 2.05) is 0 Å². The fourth-order valence-electron chi connectivity index (χ4n) is 2.61. The number of carboxylic acids is 1. The van der Waals surface area contributed by atoms with Crippen molar-refractivity contribution >= 4 is 11.9 Å². The number of hydrogen-bond donors (Lipinski definition) is 1. The van der Waals surface area contributed by atoms with Crippen LogP contribution in [0.3, 0.4) is 0 Å². The van der Waals surface area contributed by atoms with Crippen molar-refractivity contribution in [3.8, 4) is 0 Å². The van der Waals surface area contributed by atoms with Gasteiger partial charge in [0.25, 0.3) is 0 Å². The number of hydrogen-bond acceptors (Lipinski definition) is 5. The van der Waals surface area contributed by atoms with Crippen LogP contribution in [0.5, 0.6) is 0 Å². The Hall–Kier alpha value is -0.100. The van der Waals surface area contributed by atoms with Crippen LogP contribution in [0.4, 0.5) is 0 Å². The largest absolute Gasteiger partial charge is 1.00 e. The Morgan fingerprint density at radius 3 is 1.76 bits per heavy atom. The monoisotopic (exact) mass is 365 g/mol. The number of ether oxygens (including phenoxy) is 1. The van der Waals surface area contributed by atoms with E-state index in [2.05, 4.69) is 6.92 Å². The van der Waals surface area contributed by atoms with Gasteiger partial charge < -0.3 is 20.4 Å². The maximum atomic E-state index is 11.5. The maximum Gasteiger partial charge on any atom is 1.00 e. The van der Waals surface area contributed by atoms with Crippen LogP contribution in [0.25, 0.3) is 0 Å². The molecule has 0 saturated carbocycles. The van der Waals surface area contributed by atoms with Crippen LogP contribution in [-0.4, -0.2) is 24.6 Å². The molecule has 0 aliphatic heterocycles. The molecule has 0 aromatic heterocycles. The van der Waals surface area contributed by atoms with E-state index in [1.54, 1.807) is 0 Å². The van der Waals surface area contributed by atoms with Crippen molar-refractivity contribution in [1.82, 2.24) is 0 Å². The fraction of sp³-hybridized carbons (Fsp3) is 0.895. The molecule has 0 spiro atoms. The summed E-state index contributed by atoms with van der Waals surface area (Å²) in [6, 6.07) is -0.861. The van der Waals surface area contributed by atoms with E-state index in [0.29, 0.717) is 6.61 Å². The summed E-state index contributed by atoms with van der Waals surface area (Å²) in [6.07, 6.45) is 14.9. The molecule has 0 bridgehead atoms. The van der Waals surface area contributed by atoms with Gasteiger partial charge in [0.15, 0.2) is 0 Å². The summed E-state index contributed by atoms with van der Waals surface area (Å²) in [5.41, 5.74) is 5.55. The standard InChI is InChI=1S/C19H37NO4.Na/c1-2-3-4-5-6-7-8-9-10-11-12-13-16-24-19(23)17(20)14-15-18(21)22;/h17H,2-16,20H2,1H3,(H,21,22);/q;+1/p-1/t17-;/m0./s1. The molecule has 0 aromatic rings. The maximum absolute atomic E-state index is 11.5. The minimum Gasteiger partial charge on any atom is -0.550 e. The molecule has 0 radical (unpaired) electrons. The van der Waals surface area contributed by atoms with Gasteiger partial charge in [-0.2, -0.15) is 0 Å². The molecule has 0 rings (SSSR count). The summed E-state index contributed by atoms with van der Waals surface area (Å²) in [5.74, 6) is -1.71. The molecular weight excluding hydrogens is 329 g/mol. The van der Waals surface area contributed by atoms with Gasteiger partial charge in [0.1, 0.15) is 6.04 Å². The van der Waals surface area contributed by atoms with Gasteiger partial charge in [0, 0.05) is 5.97 Å². The van der Waals surface area contributed by atoms with Crippen LogP contribution in [-0.2, 0) is 14.3 Å². The van der Waals surface area contributed by atoms with Crippen LogP contribution in [0.2, 0.25) is 0 Å². The third kappa shape index (κ3) is 20.1. The molecule has 5 nitrogen and oxygen atoms in total. The third-order valence-electron chi connectivity index (χ3n) is 4.20. The topological polar surface area (TPSA) is 92.5 Å². The molecule has 0 saturated heterocycles. The van der Waals surface area contributed by atoms with Crippen LogP contribution in [0, 0.1) is 0 Å². The number of nitrogens with two attached hydrogens (primary N) is 1. The molecule has 0 aromatic carbocycles. The number of rotatable bonds is 17. The Kier molecular flexibility index (Phi) is 21.9. The minimum atomic E-state index is -1.20. The summed E-state index contributed by atoms with van der Waals surface area (Å²) in [6.45, 7) is 2.61. The van der Waals surface area contributed by atoms with Gasteiger partial charge in [-0.25, -0.2) is 0 Å². The first-order chi connectivity index (χ1) is 11.6. The van der Waals surface area contributed by atoms with Gasteiger partial charge in [-0.05, 0) is 19.3 Å². The first-order valence-corrected chi connectivity index (χ1v) is 9.70. The molecule has 6 heteroatoms. The quantitative estimate of drug-likeness (QED) is 0.224. The zero-order valence-electron chi connectivity index (χ0n) is 16.4. The number of esters is 1. The normalized spacial score (nSPS) is 11.6. The predicted octanol–water partition coefficient (Wildman–Crippen LogP) is 0.0921. The first kappa shape index (κ1) is 27.1. The molecule has 0 aliphatic rings. The van der Waals surface area contributed by atoms with Crippen molar-refractivity contribution in [2.75, 3.05) is 6.61 Å². The van der Waals surface area contributed by atoms with Crippen LogP contribution in [0.15, 0.2) is 0 Å². The van der Waals surface area contributed by atoms with Crippen molar-refractivity contribution in [3.63, 3.8) is 0 Å². The van der Waals surface area contributed by atoms with E-state index in [-0.39, 0.29) is 42.4 Å². The summed E-state index contributed by atoms with van der Waals surface area (Å²) in [4.78, 5) is 21.8. The van der Waals surface area contributed by atoms with E-state index in [9.17, 15) is 14.7 Å². The fourth-order valence-corrected chi connectivity index (χ4v) is 2.61. The van der Waals surface area contributed by atoms with Gasteiger partial charge in [-0.15, -0.1) is 0 Å². The van der Waals surface area contributed by atoms with E-state index < -0.39 is 18.0 Å². The van der Waals surface area contributed by atoms with E-state index in [4.69, 9.17) is 10.5 Å². The Morgan fingerprint density at radius 2 is 1.32 bits per heavy atom. The Balaban J connectivity index is 0. The van der Waals surface area contributed by atoms with Gasteiger partial charge in [0.05, 0.1) is 6.61 Å². The molecule has 0 aliphatic carbocycles. The van der Waals surface area contributed by atoms with Crippen LogP contribution < -0.4 is 40.4 Å². The average Bonchev–Trinajstić information content (AvgIpc) is 2.56. The molecule has 2 N–H and O–H groups in total. The number of carboxylic acid groups (broad SMARTS) is 1. The second-order valence-corrected chi connectivity index (χ2v) is 6.57. The summed E-state index contributed by atoms with van der Waals surface area (Å²) in [5, 5.41) is 10.3. The molecular formula is C19H36NNaO4. The van der Waals surface area contributed by atoms with Gasteiger partial charge in [0.2, 0.25) is 0 Å². The first-order valence-electron chi connectivity index (χ1n) is 9.70. The van der Waals surface area contributed by atoms with Crippen LogP contribution in [0.1, 0.15) is 96.8 Å². The molecule has 142 valence electrons. The molecule has 1 atom stereocenters. The number of aliphatic carboxylic acids is 1. The van der Waals surface area contributed by atoms with E-state index in [1.165, 1.54) is 64.2 Å².